The van der Waals surface area contributed by atoms with Crippen molar-refractivity contribution >= 4 is 29.1 Å². The van der Waals surface area contributed by atoms with Gasteiger partial charge in [-0.15, -0.1) is 0 Å². The number of carbonyl (C=O) groups is 1. The molecular formula is C27H34N4O2. The van der Waals surface area contributed by atoms with Crippen LogP contribution in [0, 0.1) is 5.92 Å². The number of aromatic nitrogens is 1. The number of hydrogen-bond acceptors (Lipinski definition) is 5. The molecule has 1 amide bonds. The van der Waals surface area contributed by atoms with Crippen LogP contribution in [0.4, 0.5) is 5.69 Å². The number of nitrogens with zero attached hydrogens (tertiary/aromatic N) is 2. The van der Waals surface area contributed by atoms with E-state index in [2.05, 4.69) is 28.4 Å². The Balaban J connectivity index is 1.34. The van der Waals surface area contributed by atoms with Gasteiger partial charge in [-0.2, -0.15) is 0 Å². The topological polar surface area (TPSA) is 91.5 Å². The van der Waals surface area contributed by atoms with Crippen molar-refractivity contribution in [3.63, 3.8) is 0 Å². The minimum Gasteiger partial charge on any atom is -0.508 e. The summed E-state index contributed by atoms with van der Waals surface area (Å²) in [4.78, 5) is 18.2. The summed E-state index contributed by atoms with van der Waals surface area (Å²) >= 11 is 0. The number of aliphatic hydroxyl groups excluding tert-OH is 1. The molecule has 2 heterocycles. The predicted octanol–water partition coefficient (Wildman–Crippen LogP) is 4.88. The first-order valence-electron chi connectivity index (χ1n) is 11.5. The molecule has 1 aromatic heterocycles. The molecule has 1 aliphatic heterocycles. The van der Waals surface area contributed by atoms with Gasteiger partial charge < -0.3 is 21.1 Å². The molecule has 0 unspecified atom stereocenters. The first kappa shape index (κ1) is 24.1. The first-order valence-corrected chi connectivity index (χ1v) is 11.5. The Hall–Kier alpha value is -3.54. The highest BCUT2D eigenvalue weighted by Crippen LogP contribution is 2.29. The van der Waals surface area contributed by atoms with E-state index in [0.717, 1.165) is 55.6 Å². The van der Waals surface area contributed by atoms with Crippen LogP contribution in [0.5, 0.6) is 0 Å². The molecule has 1 fully saturated rings. The van der Waals surface area contributed by atoms with E-state index in [4.69, 9.17) is 5.73 Å². The van der Waals surface area contributed by atoms with Crippen molar-refractivity contribution in [1.82, 2.24) is 15.2 Å². The van der Waals surface area contributed by atoms with Gasteiger partial charge in [-0.05, 0) is 66.6 Å². The molecule has 6 nitrogen and oxygen atoms in total. The Kier molecular flexibility index (Phi) is 8.70. The van der Waals surface area contributed by atoms with E-state index < -0.39 is 0 Å². The molecule has 1 saturated heterocycles. The molecule has 0 spiro atoms. The van der Waals surface area contributed by atoms with Crippen LogP contribution in [0.2, 0.25) is 0 Å². The van der Waals surface area contributed by atoms with Crippen LogP contribution in [0.1, 0.15) is 48.8 Å². The average molecular weight is 447 g/mol. The zero-order valence-electron chi connectivity index (χ0n) is 19.2. The molecule has 2 aromatic rings. The highest BCUT2D eigenvalue weighted by Gasteiger charge is 2.21. The van der Waals surface area contributed by atoms with Crippen molar-refractivity contribution in [1.29, 1.82) is 0 Å². The van der Waals surface area contributed by atoms with Crippen LogP contribution in [0.15, 0.2) is 62.0 Å². The van der Waals surface area contributed by atoms with E-state index in [1.54, 1.807) is 30.6 Å². The van der Waals surface area contributed by atoms with Gasteiger partial charge in [0.05, 0.1) is 0 Å². The maximum atomic E-state index is 11.9. The normalized spacial score (nSPS) is 14.4. The standard InChI is InChI=1S/C27H34N4O2/c1-20(24-16-25(21(2)32)18-26(28)17-24)31-14-10-22(11-15-31)6-3-4-13-30-27(33)9-8-23-7-5-12-29-19-23/h5,7-9,12,16-19,22,32H,1-4,6,10-11,13-15,28H2,(H,30,33)/b9-8+. The van der Waals surface area contributed by atoms with Crippen LogP contribution in [0.3, 0.4) is 0 Å². The Morgan fingerprint density at radius 2 is 1.97 bits per heavy atom. The number of carbonyl (C=O) groups excluding carboxylic acids is 1. The summed E-state index contributed by atoms with van der Waals surface area (Å²) in [6, 6.07) is 9.25. The fraction of sp³-hybridized carbons (Fsp3) is 0.333. The number of nitrogens with two attached hydrogens (primary N) is 1. The van der Waals surface area contributed by atoms with E-state index in [0.29, 0.717) is 23.7 Å². The SMILES string of the molecule is C=C(O)c1cc(N)cc(C(=C)N2CCC(CCCCNC(=O)/C=C/c3cccnc3)CC2)c1. The molecule has 6 heteroatoms. The summed E-state index contributed by atoms with van der Waals surface area (Å²) in [6.07, 6.45) is 12.3. The Morgan fingerprint density at radius 1 is 1.21 bits per heavy atom. The van der Waals surface area contributed by atoms with Crippen molar-refractivity contribution in [2.75, 3.05) is 25.4 Å². The van der Waals surface area contributed by atoms with Crippen molar-refractivity contribution in [3.8, 4) is 0 Å². The van der Waals surface area contributed by atoms with Gasteiger partial charge in [0.25, 0.3) is 0 Å². The number of piperidine rings is 1. The zero-order valence-corrected chi connectivity index (χ0v) is 19.2. The van der Waals surface area contributed by atoms with Crippen LogP contribution >= 0.6 is 0 Å². The van der Waals surface area contributed by atoms with Gasteiger partial charge in [0.1, 0.15) is 5.76 Å². The lowest BCUT2D eigenvalue weighted by Gasteiger charge is -2.35. The number of pyridine rings is 1. The summed E-state index contributed by atoms with van der Waals surface area (Å²) < 4.78 is 0. The van der Waals surface area contributed by atoms with Gasteiger partial charge in [-0.25, -0.2) is 0 Å². The lowest BCUT2D eigenvalue weighted by atomic mass is 9.91. The summed E-state index contributed by atoms with van der Waals surface area (Å²) in [5.74, 6) is 0.639. The summed E-state index contributed by atoms with van der Waals surface area (Å²) in [6.45, 7) is 10.5. The Morgan fingerprint density at radius 3 is 2.67 bits per heavy atom. The molecule has 1 aromatic carbocycles. The maximum Gasteiger partial charge on any atom is 0.243 e. The minimum atomic E-state index is -0.0693. The second-order valence-electron chi connectivity index (χ2n) is 8.57. The van der Waals surface area contributed by atoms with Gasteiger partial charge >= 0.3 is 0 Å². The number of aliphatic hydroxyl groups is 1. The quantitative estimate of drug-likeness (QED) is 0.209. The fourth-order valence-corrected chi connectivity index (χ4v) is 4.13. The third-order valence-electron chi connectivity index (χ3n) is 6.07. The average Bonchev–Trinajstić information content (AvgIpc) is 2.82. The van der Waals surface area contributed by atoms with Crippen LogP contribution in [-0.2, 0) is 4.79 Å². The number of nitrogens with one attached hydrogen (secondary N) is 1. The number of benzene rings is 1. The molecule has 1 aliphatic rings. The predicted molar refractivity (Wildman–Crippen MR) is 136 cm³/mol. The van der Waals surface area contributed by atoms with Gasteiger partial charge in [-0.3, -0.25) is 9.78 Å². The molecule has 174 valence electrons. The largest absolute Gasteiger partial charge is 0.508 e. The number of unbranched alkanes of at least 4 members (excludes halogenated alkanes) is 1. The number of likely N-dealkylation sites (tertiary alicyclic amines) is 1. The van der Waals surface area contributed by atoms with Gasteiger partial charge in [-0.1, -0.05) is 32.1 Å². The molecule has 4 N–H and O–H groups in total. The number of rotatable bonds is 10. The molecule has 0 saturated carbocycles. The second kappa shape index (κ2) is 11.9. The van der Waals surface area contributed by atoms with Gasteiger partial charge in [0, 0.05) is 55.1 Å². The fourth-order valence-electron chi connectivity index (χ4n) is 4.13. The zero-order chi connectivity index (χ0) is 23.6. The highest BCUT2D eigenvalue weighted by molar-refractivity contribution is 5.91. The number of amides is 1. The lowest BCUT2D eigenvalue weighted by molar-refractivity contribution is -0.116. The third-order valence-corrected chi connectivity index (χ3v) is 6.07. The minimum absolute atomic E-state index is 0.00997. The smallest absolute Gasteiger partial charge is 0.243 e. The van der Waals surface area contributed by atoms with Crippen LogP contribution in [-0.4, -0.2) is 40.5 Å². The monoisotopic (exact) mass is 446 g/mol. The van der Waals surface area contributed by atoms with Crippen LogP contribution in [0.25, 0.3) is 17.5 Å². The molecule has 0 aliphatic carbocycles. The number of hydrogen-bond donors (Lipinski definition) is 3. The molecule has 33 heavy (non-hydrogen) atoms. The summed E-state index contributed by atoms with van der Waals surface area (Å²) in [5.41, 5.74) is 9.97. The van der Waals surface area contributed by atoms with Gasteiger partial charge in [0.15, 0.2) is 0 Å². The number of anilines is 1. The van der Waals surface area contributed by atoms with Crippen LogP contribution < -0.4 is 11.1 Å². The van der Waals surface area contributed by atoms with Crippen molar-refractivity contribution in [2.45, 2.75) is 32.1 Å². The van der Waals surface area contributed by atoms with E-state index in [1.807, 2.05) is 24.3 Å². The first-order chi connectivity index (χ1) is 15.9. The molecular weight excluding hydrogens is 412 g/mol. The van der Waals surface area contributed by atoms with Gasteiger partial charge in [0.2, 0.25) is 5.91 Å². The summed E-state index contributed by atoms with van der Waals surface area (Å²) in [5, 5.41) is 12.7. The third kappa shape index (κ3) is 7.52. The van der Waals surface area contributed by atoms with Crippen molar-refractivity contribution < 1.29 is 9.90 Å². The number of nitrogen functional groups attached to an aromatic ring is 1. The van der Waals surface area contributed by atoms with Crippen molar-refractivity contribution in [2.24, 2.45) is 5.92 Å². The van der Waals surface area contributed by atoms with E-state index in [9.17, 15) is 9.90 Å². The van der Waals surface area contributed by atoms with E-state index in [1.165, 1.54) is 6.42 Å². The van der Waals surface area contributed by atoms with Crippen molar-refractivity contribution in [3.05, 3.63) is 78.6 Å². The molecule has 0 bridgehead atoms. The Bertz CT molecular complexity index is 992. The van der Waals surface area contributed by atoms with E-state index in [-0.39, 0.29) is 11.7 Å². The lowest BCUT2D eigenvalue weighted by Crippen LogP contribution is -2.32. The maximum absolute atomic E-state index is 11.9. The highest BCUT2D eigenvalue weighted by atomic mass is 16.3. The summed E-state index contributed by atoms with van der Waals surface area (Å²) in [7, 11) is 0. The van der Waals surface area contributed by atoms with E-state index >= 15 is 0 Å². The second-order valence-corrected chi connectivity index (χ2v) is 8.57. The molecule has 0 atom stereocenters. The molecule has 3 rings (SSSR count). The molecule has 0 radical (unpaired) electrons. The Labute approximate surface area is 196 Å².